The van der Waals surface area contributed by atoms with Crippen molar-refractivity contribution < 1.29 is 23.8 Å². The number of hydrogen-bond donors (Lipinski definition) is 1. The van der Waals surface area contributed by atoms with Crippen LogP contribution in [0.1, 0.15) is 30.1 Å². The van der Waals surface area contributed by atoms with Crippen LogP contribution in [-0.2, 0) is 4.79 Å². The minimum absolute atomic E-state index is 0.0591. The van der Waals surface area contributed by atoms with Crippen LogP contribution in [0, 0.1) is 23.6 Å². The summed E-state index contributed by atoms with van der Waals surface area (Å²) >= 11 is 0. The van der Waals surface area contributed by atoms with Gasteiger partial charge >= 0.3 is 5.97 Å². The van der Waals surface area contributed by atoms with Crippen LogP contribution < -0.4 is 4.74 Å². The summed E-state index contributed by atoms with van der Waals surface area (Å²) in [5.41, 5.74) is -0.0591. The normalized spacial score (nSPS) is 25.4. The topological polar surface area (TPSA) is 63.6 Å². The monoisotopic (exact) mass is 280 g/mol. The summed E-state index contributed by atoms with van der Waals surface area (Å²) in [5.74, 6) is -2.97. The van der Waals surface area contributed by atoms with Crippen LogP contribution in [0.2, 0.25) is 0 Å². The van der Waals surface area contributed by atoms with Crippen LogP contribution in [0.25, 0.3) is 0 Å². The minimum atomic E-state index is -0.985. The van der Waals surface area contributed by atoms with Gasteiger partial charge in [0.1, 0.15) is 11.6 Å². The average molecular weight is 280 g/mol. The first-order chi connectivity index (χ1) is 9.43. The number of carbonyl (C=O) groups excluding carboxylic acids is 1. The highest BCUT2D eigenvalue weighted by Gasteiger charge is 2.41. The molecule has 1 aliphatic carbocycles. The van der Waals surface area contributed by atoms with Crippen LogP contribution in [0.4, 0.5) is 4.39 Å². The number of rotatable bonds is 4. The molecule has 0 aromatic heterocycles. The number of ketones is 1. The van der Waals surface area contributed by atoms with Crippen molar-refractivity contribution in [2.45, 2.75) is 19.8 Å². The van der Waals surface area contributed by atoms with Gasteiger partial charge in [-0.15, -0.1) is 0 Å². The molecule has 1 N–H and O–H groups in total. The molecule has 0 spiro atoms. The largest absolute Gasteiger partial charge is 0.497 e. The van der Waals surface area contributed by atoms with Crippen molar-refractivity contribution in [2.75, 3.05) is 7.11 Å². The second-order valence-electron chi connectivity index (χ2n) is 5.34. The molecule has 1 fully saturated rings. The Morgan fingerprint density at radius 2 is 1.95 bits per heavy atom. The number of carboxylic acids is 1. The van der Waals surface area contributed by atoms with E-state index < -0.39 is 29.4 Å². The maximum Gasteiger partial charge on any atom is 0.307 e. The van der Waals surface area contributed by atoms with Gasteiger partial charge in [-0.2, -0.15) is 0 Å². The zero-order valence-corrected chi connectivity index (χ0v) is 11.4. The van der Waals surface area contributed by atoms with Crippen LogP contribution in [0.3, 0.4) is 0 Å². The summed E-state index contributed by atoms with van der Waals surface area (Å²) in [4.78, 5) is 23.6. The Kier molecular flexibility index (Phi) is 4.06. The van der Waals surface area contributed by atoms with Crippen molar-refractivity contribution >= 4 is 11.8 Å². The van der Waals surface area contributed by atoms with E-state index >= 15 is 0 Å². The van der Waals surface area contributed by atoms with Gasteiger partial charge in [0.05, 0.1) is 18.6 Å². The Labute approximate surface area is 116 Å². The van der Waals surface area contributed by atoms with Crippen LogP contribution in [0.5, 0.6) is 5.75 Å². The van der Waals surface area contributed by atoms with Gasteiger partial charge in [0.2, 0.25) is 0 Å². The first-order valence-electron chi connectivity index (χ1n) is 6.54. The van der Waals surface area contributed by atoms with E-state index in [1.807, 2.05) is 6.92 Å². The third kappa shape index (κ3) is 2.66. The maximum atomic E-state index is 13.9. The molecule has 3 unspecified atom stereocenters. The molecule has 1 aromatic carbocycles. The van der Waals surface area contributed by atoms with E-state index in [1.165, 1.54) is 19.2 Å². The van der Waals surface area contributed by atoms with E-state index in [1.54, 1.807) is 0 Å². The molecule has 5 heteroatoms. The smallest absolute Gasteiger partial charge is 0.307 e. The SMILES string of the molecule is COc1ccc(C(=O)C2CC(C)CC2C(=O)O)c(F)c1. The zero-order chi connectivity index (χ0) is 14.9. The first kappa shape index (κ1) is 14.5. The molecule has 1 saturated carbocycles. The van der Waals surface area contributed by atoms with Gasteiger partial charge in [0, 0.05) is 12.0 Å². The number of halogens is 1. The molecule has 2 rings (SSSR count). The van der Waals surface area contributed by atoms with Gasteiger partial charge in [-0.05, 0) is 30.9 Å². The number of ether oxygens (including phenoxy) is 1. The lowest BCUT2D eigenvalue weighted by atomic mass is 9.88. The highest BCUT2D eigenvalue weighted by atomic mass is 19.1. The summed E-state index contributed by atoms with van der Waals surface area (Å²) in [6, 6.07) is 4.00. The van der Waals surface area contributed by atoms with Gasteiger partial charge < -0.3 is 9.84 Å². The number of methoxy groups -OCH3 is 1. The van der Waals surface area contributed by atoms with Crippen molar-refractivity contribution in [1.29, 1.82) is 0 Å². The lowest BCUT2D eigenvalue weighted by molar-refractivity contribution is -0.142. The molecule has 0 bridgehead atoms. The molecule has 0 heterocycles. The summed E-state index contributed by atoms with van der Waals surface area (Å²) in [7, 11) is 1.41. The molecule has 108 valence electrons. The van der Waals surface area contributed by atoms with Gasteiger partial charge in [-0.3, -0.25) is 9.59 Å². The summed E-state index contributed by atoms with van der Waals surface area (Å²) in [6.45, 7) is 1.91. The molecule has 1 aromatic rings. The summed E-state index contributed by atoms with van der Waals surface area (Å²) in [6.07, 6.45) is 0.949. The van der Waals surface area contributed by atoms with E-state index in [0.29, 0.717) is 18.6 Å². The highest BCUT2D eigenvalue weighted by molar-refractivity contribution is 6.00. The van der Waals surface area contributed by atoms with E-state index in [9.17, 15) is 19.1 Å². The summed E-state index contributed by atoms with van der Waals surface area (Å²) < 4.78 is 18.8. The molecule has 4 nitrogen and oxygen atoms in total. The third-order valence-corrected chi connectivity index (χ3v) is 3.89. The predicted octanol–water partition coefficient (Wildman–Crippen LogP) is 2.76. The van der Waals surface area contributed by atoms with Gasteiger partial charge in [0.15, 0.2) is 5.78 Å². The second kappa shape index (κ2) is 5.61. The van der Waals surface area contributed by atoms with Crippen molar-refractivity contribution in [3.8, 4) is 5.75 Å². The average Bonchev–Trinajstić information content (AvgIpc) is 2.80. The Hall–Kier alpha value is -1.91. The van der Waals surface area contributed by atoms with Crippen molar-refractivity contribution in [1.82, 2.24) is 0 Å². The minimum Gasteiger partial charge on any atom is -0.497 e. The van der Waals surface area contributed by atoms with E-state index in [-0.39, 0.29) is 11.5 Å². The Morgan fingerprint density at radius 1 is 1.30 bits per heavy atom. The molecule has 1 aliphatic rings. The quantitative estimate of drug-likeness (QED) is 0.861. The fourth-order valence-electron chi connectivity index (χ4n) is 2.88. The standard InChI is InChI=1S/C15H17FO4/c1-8-5-11(12(6-8)15(18)19)14(17)10-4-3-9(20-2)7-13(10)16/h3-4,7-8,11-12H,5-6H2,1-2H3,(H,18,19). The van der Waals surface area contributed by atoms with E-state index in [0.717, 1.165) is 6.07 Å². The van der Waals surface area contributed by atoms with Gasteiger partial charge in [0.25, 0.3) is 0 Å². The van der Waals surface area contributed by atoms with Gasteiger partial charge in [-0.1, -0.05) is 6.92 Å². The molecular weight excluding hydrogens is 263 g/mol. The maximum absolute atomic E-state index is 13.9. The lowest BCUT2D eigenvalue weighted by Crippen LogP contribution is -2.26. The number of benzene rings is 1. The molecule has 0 radical (unpaired) electrons. The molecular formula is C15H17FO4. The number of carboxylic acid groups (broad SMARTS) is 1. The number of Topliss-reactive ketones (excluding diaryl/α,β-unsaturated/α-hetero) is 1. The molecule has 0 saturated heterocycles. The fraction of sp³-hybridized carbons (Fsp3) is 0.467. The van der Waals surface area contributed by atoms with Crippen LogP contribution in [0.15, 0.2) is 18.2 Å². The van der Waals surface area contributed by atoms with Crippen molar-refractivity contribution in [2.24, 2.45) is 17.8 Å². The van der Waals surface area contributed by atoms with E-state index in [4.69, 9.17) is 4.74 Å². The lowest BCUT2D eigenvalue weighted by Gasteiger charge is -2.15. The Balaban J connectivity index is 2.29. The number of hydrogen-bond acceptors (Lipinski definition) is 3. The van der Waals surface area contributed by atoms with Gasteiger partial charge in [-0.25, -0.2) is 4.39 Å². The predicted molar refractivity (Wildman–Crippen MR) is 70.3 cm³/mol. The third-order valence-electron chi connectivity index (χ3n) is 3.89. The fourth-order valence-corrected chi connectivity index (χ4v) is 2.88. The second-order valence-corrected chi connectivity index (χ2v) is 5.34. The molecule has 20 heavy (non-hydrogen) atoms. The van der Waals surface area contributed by atoms with Crippen LogP contribution >= 0.6 is 0 Å². The Morgan fingerprint density at radius 3 is 2.50 bits per heavy atom. The highest BCUT2D eigenvalue weighted by Crippen LogP contribution is 2.38. The van der Waals surface area contributed by atoms with Crippen molar-refractivity contribution in [3.05, 3.63) is 29.6 Å². The summed E-state index contributed by atoms with van der Waals surface area (Å²) in [5, 5.41) is 9.18. The zero-order valence-electron chi connectivity index (χ0n) is 11.4. The molecule has 0 aliphatic heterocycles. The van der Waals surface area contributed by atoms with Crippen molar-refractivity contribution in [3.63, 3.8) is 0 Å². The Bertz CT molecular complexity index is 541. The molecule has 3 atom stereocenters. The first-order valence-corrected chi connectivity index (χ1v) is 6.54. The molecule has 0 amide bonds. The van der Waals surface area contributed by atoms with Crippen LogP contribution in [-0.4, -0.2) is 24.0 Å². The van der Waals surface area contributed by atoms with E-state index in [2.05, 4.69) is 0 Å². The number of aliphatic carboxylic acids is 1. The number of carbonyl (C=O) groups is 2.